The third-order valence-electron chi connectivity index (χ3n) is 16.3. The molecule has 0 amide bonds. The van der Waals surface area contributed by atoms with E-state index in [1.165, 1.54) is 60.3 Å². The van der Waals surface area contributed by atoms with Crippen molar-refractivity contribution in [1.29, 1.82) is 0 Å². The van der Waals surface area contributed by atoms with Crippen LogP contribution < -0.4 is 0 Å². The second-order valence-electron chi connectivity index (χ2n) is 23.8. The maximum Gasteiger partial charge on any atom is 0.149 e. The maximum absolute atomic E-state index is 12.8. The van der Waals surface area contributed by atoms with Crippen LogP contribution in [-0.2, 0) is 31.9 Å². The molecule has 0 aliphatic rings. The van der Waals surface area contributed by atoms with E-state index in [1.54, 1.807) is 0 Å². The SMILES string of the molecule is CC(C)c1cc(-c2ccccc2)cc(C(C)C)c1-n1c(-c2cc(C(C)(C)C)cc(C(C)(C)C)c2O)nc2c(-c3cccc4c3nc3c5[c-]c6c7ccccc7n7c8ccccc8c(c5c5ccccc5n43)c67)cccc21.[Pt]. The smallest absolute Gasteiger partial charge is 0.149 e. The van der Waals surface area contributed by atoms with E-state index in [9.17, 15) is 5.11 Å². The van der Waals surface area contributed by atoms with E-state index < -0.39 is 0 Å². The number of pyridine rings is 1. The summed E-state index contributed by atoms with van der Waals surface area (Å²) in [6.07, 6.45) is 0. The van der Waals surface area contributed by atoms with Gasteiger partial charge < -0.3 is 13.9 Å². The van der Waals surface area contributed by atoms with Crippen LogP contribution in [0.2, 0.25) is 0 Å². The molecule has 1 N–H and O–H groups in total. The number of hydrogen-bond acceptors (Lipinski definition) is 3. The van der Waals surface area contributed by atoms with Crippen molar-refractivity contribution in [2.45, 2.75) is 91.9 Å². The zero-order valence-corrected chi connectivity index (χ0v) is 47.5. The van der Waals surface area contributed by atoms with E-state index in [2.05, 4.69) is 252 Å². The number of hydrogen-bond donors (Lipinski definition) is 1. The minimum absolute atomic E-state index is 0. The van der Waals surface area contributed by atoms with Gasteiger partial charge in [0, 0.05) is 54.3 Å². The monoisotopic (exact) mass is 1180 g/mol. The Morgan fingerprint density at radius 1 is 0.481 bits per heavy atom. The summed E-state index contributed by atoms with van der Waals surface area (Å²) in [5.41, 5.74) is 19.4. The number of rotatable bonds is 6. The van der Waals surface area contributed by atoms with E-state index >= 15 is 0 Å². The summed E-state index contributed by atoms with van der Waals surface area (Å²) in [4.78, 5) is 11.6. The normalized spacial score (nSPS) is 12.7. The number of fused-ring (bicyclic) bond motifs is 16. The Bertz CT molecular complexity index is 4700. The van der Waals surface area contributed by atoms with Crippen LogP contribution in [0.1, 0.15) is 103 Å². The Labute approximate surface area is 463 Å². The molecule has 5 aromatic heterocycles. The summed E-state index contributed by atoms with van der Waals surface area (Å²) < 4.78 is 7.18. The number of aromatic nitrogens is 5. The molecular formula is C70H60N5OPt-. The second kappa shape index (κ2) is 17.4. The number of imidazole rings is 2. The zero-order chi connectivity index (χ0) is 52.3. The van der Waals surface area contributed by atoms with Crippen LogP contribution in [0, 0.1) is 6.07 Å². The van der Waals surface area contributed by atoms with Crippen molar-refractivity contribution in [2.75, 3.05) is 0 Å². The largest absolute Gasteiger partial charge is 0.507 e. The minimum Gasteiger partial charge on any atom is -0.507 e. The van der Waals surface area contributed by atoms with Gasteiger partial charge in [0.05, 0.1) is 39.0 Å². The topological polar surface area (TPSA) is 59.8 Å². The summed E-state index contributed by atoms with van der Waals surface area (Å²) >= 11 is 0. The Kier molecular flexibility index (Phi) is 11.0. The van der Waals surface area contributed by atoms with E-state index in [0.717, 1.165) is 82.9 Å². The quantitative estimate of drug-likeness (QED) is 0.133. The predicted octanol–water partition coefficient (Wildman–Crippen LogP) is 18.6. The van der Waals surface area contributed by atoms with Crippen LogP contribution in [0.25, 0.3) is 127 Å². The fourth-order valence-corrected chi connectivity index (χ4v) is 12.6. The molecule has 0 aliphatic heterocycles. The fraction of sp³-hybridized carbons (Fsp3) is 0.200. The second-order valence-corrected chi connectivity index (χ2v) is 23.8. The van der Waals surface area contributed by atoms with Crippen molar-refractivity contribution in [3.63, 3.8) is 0 Å². The van der Waals surface area contributed by atoms with Gasteiger partial charge in [-0.05, 0) is 115 Å². The van der Waals surface area contributed by atoms with Crippen molar-refractivity contribution < 1.29 is 26.2 Å². The van der Waals surface area contributed by atoms with Crippen molar-refractivity contribution in [3.8, 4) is 45.1 Å². The van der Waals surface area contributed by atoms with Crippen LogP contribution in [0.5, 0.6) is 5.75 Å². The first kappa shape index (κ1) is 48.8. The third kappa shape index (κ3) is 7.10. The Balaban J connectivity index is 0.00000566. The number of aromatic hydroxyl groups is 1. The standard InChI is InChI=1S/C70H60N5O.Pt/c1-39(2)49-34-42(41-22-12-11-13-23-41)35-50(40(3)4)64(49)75-59-33-21-28-46(63(59)72-68(75)53-36-43(69(5,6)7)37-54(66(53)76)70(8,9)10)45-27-20-32-58-62(45)71-67-52-38-51-44-24-14-17-29-55(44)73-56-30-18-16-26-48(56)61(65(51)73)60(52)47-25-15-19-31-57(47)74(58)67;/h11-37,39-40,76H,1-10H3;/q-1;. The third-order valence-corrected chi connectivity index (χ3v) is 16.3. The molecule has 0 unspecified atom stereocenters. The molecule has 0 fully saturated rings. The number of phenols is 1. The average Bonchev–Trinajstić information content (AvgIpc) is 4.20. The van der Waals surface area contributed by atoms with Gasteiger partial charge in [-0.3, -0.25) is 9.55 Å². The molecule has 0 aliphatic carbocycles. The molecular weight excluding hydrogens is 1120 g/mol. The van der Waals surface area contributed by atoms with E-state index in [0.29, 0.717) is 5.82 Å². The Morgan fingerprint density at radius 2 is 1.01 bits per heavy atom. The van der Waals surface area contributed by atoms with Crippen LogP contribution in [-0.4, -0.2) is 28.4 Å². The van der Waals surface area contributed by atoms with Crippen molar-refractivity contribution in [2.24, 2.45) is 0 Å². The molecule has 0 radical (unpaired) electrons. The molecule has 5 heterocycles. The molecule has 382 valence electrons. The van der Waals surface area contributed by atoms with Crippen molar-refractivity contribution in [1.82, 2.24) is 23.3 Å². The Morgan fingerprint density at radius 3 is 1.62 bits per heavy atom. The van der Waals surface area contributed by atoms with Gasteiger partial charge in [-0.25, -0.2) is 4.98 Å². The van der Waals surface area contributed by atoms with Crippen LogP contribution in [0.15, 0.2) is 164 Å². The molecule has 14 rings (SSSR count). The van der Waals surface area contributed by atoms with Gasteiger partial charge in [-0.1, -0.05) is 211 Å². The Hall–Kier alpha value is -7.79. The van der Waals surface area contributed by atoms with Crippen LogP contribution in [0.4, 0.5) is 0 Å². The van der Waals surface area contributed by atoms with Gasteiger partial charge in [0.25, 0.3) is 0 Å². The first-order valence-corrected chi connectivity index (χ1v) is 27.0. The van der Waals surface area contributed by atoms with E-state index in [4.69, 9.17) is 9.97 Å². The van der Waals surface area contributed by atoms with E-state index in [1.807, 2.05) is 0 Å². The number of nitrogens with zero attached hydrogens (tertiary/aromatic N) is 5. The zero-order valence-electron chi connectivity index (χ0n) is 45.2. The van der Waals surface area contributed by atoms with Crippen molar-refractivity contribution >= 4 is 87.5 Å². The first-order chi connectivity index (χ1) is 36.6. The molecule has 0 saturated heterocycles. The average molecular weight is 1180 g/mol. The summed E-state index contributed by atoms with van der Waals surface area (Å²) in [5, 5.41) is 20.9. The van der Waals surface area contributed by atoms with Crippen LogP contribution in [0.3, 0.4) is 0 Å². The van der Waals surface area contributed by atoms with Crippen LogP contribution >= 0.6 is 0 Å². The summed E-state index contributed by atoms with van der Waals surface area (Å²) in [6, 6.07) is 63.5. The first-order valence-electron chi connectivity index (χ1n) is 27.0. The maximum atomic E-state index is 12.8. The molecule has 0 bridgehead atoms. The fourth-order valence-electron chi connectivity index (χ4n) is 12.6. The summed E-state index contributed by atoms with van der Waals surface area (Å²) in [7, 11) is 0. The molecule has 9 aromatic carbocycles. The van der Waals surface area contributed by atoms with Crippen molar-refractivity contribution in [3.05, 3.63) is 192 Å². The molecule has 0 saturated carbocycles. The molecule has 7 heteroatoms. The minimum atomic E-state index is -0.346. The molecule has 0 atom stereocenters. The molecule has 14 aromatic rings. The van der Waals surface area contributed by atoms with Gasteiger partial charge in [0.1, 0.15) is 11.6 Å². The molecule has 77 heavy (non-hydrogen) atoms. The number of para-hydroxylation sites is 5. The van der Waals surface area contributed by atoms with Gasteiger partial charge in [-0.2, -0.15) is 0 Å². The summed E-state index contributed by atoms with van der Waals surface area (Å²) in [6.45, 7) is 22.5. The van der Waals surface area contributed by atoms with Gasteiger partial charge in [0.15, 0.2) is 0 Å². The summed E-state index contributed by atoms with van der Waals surface area (Å²) in [5.74, 6) is 1.29. The molecule has 6 nitrogen and oxygen atoms in total. The molecule has 0 spiro atoms. The van der Waals surface area contributed by atoms with Gasteiger partial charge >= 0.3 is 0 Å². The number of phenolic OH excluding ortho intramolecular Hbond substituents is 1. The number of benzene rings is 9. The van der Waals surface area contributed by atoms with Gasteiger partial charge in [-0.15, -0.1) is 6.07 Å². The van der Waals surface area contributed by atoms with Gasteiger partial charge in [0.2, 0.25) is 0 Å². The predicted molar refractivity (Wildman–Crippen MR) is 319 cm³/mol. The van der Waals surface area contributed by atoms with E-state index in [-0.39, 0.29) is 49.5 Å².